The first-order chi connectivity index (χ1) is 9.14. The van der Waals surface area contributed by atoms with E-state index in [4.69, 9.17) is 17.0 Å². The molecule has 1 aliphatic carbocycles. The first kappa shape index (κ1) is 12.7. The molecular weight excluding hydrogens is 256 g/mol. The maximum absolute atomic E-state index is 5.55. The highest BCUT2D eigenvalue weighted by Gasteiger charge is 2.30. The maximum Gasteiger partial charge on any atom is 0.178 e. The Hall–Kier alpha value is -1.29. The zero-order valence-electron chi connectivity index (χ0n) is 11.5. The van der Waals surface area contributed by atoms with Crippen molar-refractivity contribution in [3.8, 4) is 5.75 Å². The van der Waals surface area contributed by atoms with Gasteiger partial charge in [-0.1, -0.05) is 19.3 Å². The third-order valence-electron chi connectivity index (χ3n) is 4.36. The van der Waals surface area contributed by atoms with Crippen molar-refractivity contribution in [3.63, 3.8) is 0 Å². The van der Waals surface area contributed by atoms with Crippen molar-refractivity contribution in [2.45, 2.75) is 44.6 Å². The minimum Gasteiger partial charge on any atom is -0.497 e. The lowest BCUT2D eigenvalue weighted by atomic mass is 9.83. The predicted molar refractivity (Wildman–Crippen MR) is 80.4 cm³/mol. The fourth-order valence-electron chi connectivity index (χ4n) is 3.29. The van der Waals surface area contributed by atoms with Crippen LogP contribution in [0.2, 0.25) is 0 Å². The molecule has 1 fully saturated rings. The van der Waals surface area contributed by atoms with E-state index >= 15 is 0 Å². The molecule has 1 heterocycles. The molecule has 1 aliphatic rings. The van der Waals surface area contributed by atoms with Crippen LogP contribution in [0.15, 0.2) is 18.2 Å². The molecule has 0 unspecified atom stereocenters. The second-order valence-corrected chi connectivity index (χ2v) is 6.09. The Morgan fingerprint density at radius 3 is 2.68 bits per heavy atom. The van der Waals surface area contributed by atoms with Crippen molar-refractivity contribution in [2.24, 2.45) is 0 Å². The van der Waals surface area contributed by atoms with Gasteiger partial charge in [0.05, 0.1) is 18.1 Å². The fraction of sp³-hybridized carbons (Fsp3) is 0.533. The van der Waals surface area contributed by atoms with E-state index in [1.807, 2.05) is 12.1 Å². The van der Waals surface area contributed by atoms with E-state index in [9.17, 15) is 0 Å². The number of aromatic amines is 1. The van der Waals surface area contributed by atoms with Crippen LogP contribution in [0.4, 0.5) is 0 Å². The average Bonchev–Trinajstić information content (AvgIpc) is 2.74. The van der Waals surface area contributed by atoms with E-state index in [0.717, 1.165) is 16.0 Å². The minimum atomic E-state index is 0.155. The Labute approximate surface area is 118 Å². The monoisotopic (exact) mass is 276 g/mol. The highest BCUT2D eigenvalue weighted by Crippen LogP contribution is 2.37. The topological polar surface area (TPSA) is 29.9 Å². The molecule has 2 aromatic rings. The quantitative estimate of drug-likeness (QED) is 0.825. The Morgan fingerprint density at radius 1 is 1.26 bits per heavy atom. The summed E-state index contributed by atoms with van der Waals surface area (Å²) in [6, 6.07) is 6.14. The second kappa shape index (κ2) is 4.67. The largest absolute Gasteiger partial charge is 0.497 e. The minimum absolute atomic E-state index is 0.155. The molecule has 0 saturated heterocycles. The fourth-order valence-corrected chi connectivity index (χ4v) is 3.72. The lowest BCUT2D eigenvalue weighted by Crippen LogP contribution is -2.32. The summed E-state index contributed by atoms with van der Waals surface area (Å²) in [4.78, 5) is 3.32. The van der Waals surface area contributed by atoms with Crippen LogP contribution in [0.1, 0.15) is 39.0 Å². The first-order valence-electron chi connectivity index (χ1n) is 6.93. The van der Waals surface area contributed by atoms with Gasteiger partial charge in [-0.2, -0.15) is 0 Å². The zero-order valence-corrected chi connectivity index (χ0v) is 12.3. The van der Waals surface area contributed by atoms with Gasteiger partial charge in [-0.05, 0) is 44.1 Å². The van der Waals surface area contributed by atoms with Gasteiger partial charge in [0.15, 0.2) is 4.77 Å². The van der Waals surface area contributed by atoms with Crippen LogP contribution < -0.4 is 4.74 Å². The Kier molecular flexibility index (Phi) is 3.13. The van der Waals surface area contributed by atoms with E-state index in [1.165, 1.54) is 37.6 Å². The zero-order chi connectivity index (χ0) is 13.5. The van der Waals surface area contributed by atoms with Crippen LogP contribution in [0, 0.1) is 4.77 Å². The Balaban J connectivity index is 2.18. The number of rotatable bonds is 2. The highest BCUT2D eigenvalue weighted by atomic mass is 32.1. The second-order valence-electron chi connectivity index (χ2n) is 5.71. The molecule has 0 radical (unpaired) electrons. The SMILES string of the molecule is COc1ccc2c(c1)[nH]c(=S)n2C1(C)CCCCC1. The number of ether oxygens (including phenoxy) is 1. The van der Waals surface area contributed by atoms with Gasteiger partial charge in [0.25, 0.3) is 0 Å². The van der Waals surface area contributed by atoms with E-state index in [-0.39, 0.29) is 5.54 Å². The molecule has 0 aliphatic heterocycles. The molecule has 3 rings (SSSR count). The number of nitrogens with one attached hydrogen (secondary N) is 1. The number of nitrogens with zero attached hydrogens (tertiary/aromatic N) is 1. The predicted octanol–water partition coefficient (Wildman–Crippen LogP) is 4.39. The molecule has 1 aromatic heterocycles. The van der Waals surface area contributed by atoms with E-state index in [1.54, 1.807) is 7.11 Å². The van der Waals surface area contributed by atoms with Gasteiger partial charge in [-0.15, -0.1) is 0 Å². The van der Waals surface area contributed by atoms with Crippen molar-refractivity contribution in [1.29, 1.82) is 0 Å². The lowest BCUT2D eigenvalue weighted by molar-refractivity contribution is 0.222. The third kappa shape index (κ3) is 2.08. The summed E-state index contributed by atoms with van der Waals surface area (Å²) in [5.41, 5.74) is 2.41. The molecule has 4 heteroatoms. The molecule has 19 heavy (non-hydrogen) atoms. The lowest BCUT2D eigenvalue weighted by Gasteiger charge is -2.35. The van der Waals surface area contributed by atoms with Crippen LogP contribution in [0.5, 0.6) is 5.75 Å². The number of hydrogen-bond acceptors (Lipinski definition) is 2. The van der Waals surface area contributed by atoms with Crippen LogP contribution in [-0.4, -0.2) is 16.7 Å². The summed E-state index contributed by atoms with van der Waals surface area (Å²) in [7, 11) is 1.69. The standard InChI is InChI=1S/C15H20N2OS/c1-15(8-4-3-5-9-15)17-13-7-6-11(18-2)10-12(13)16-14(17)19/h6-7,10H,3-5,8-9H2,1-2H3,(H,16,19). The van der Waals surface area contributed by atoms with Crippen LogP contribution >= 0.6 is 12.2 Å². The number of methoxy groups -OCH3 is 1. The van der Waals surface area contributed by atoms with Gasteiger partial charge in [0.2, 0.25) is 0 Å². The highest BCUT2D eigenvalue weighted by molar-refractivity contribution is 7.71. The summed E-state index contributed by atoms with van der Waals surface area (Å²) < 4.78 is 8.42. The summed E-state index contributed by atoms with van der Waals surface area (Å²) in [6.45, 7) is 2.33. The first-order valence-corrected chi connectivity index (χ1v) is 7.34. The molecule has 102 valence electrons. The van der Waals surface area contributed by atoms with Crippen LogP contribution in [-0.2, 0) is 5.54 Å². The number of aromatic nitrogens is 2. The summed E-state index contributed by atoms with van der Waals surface area (Å²) >= 11 is 5.55. The van der Waals surface area contributed by atoms with E-state index in [2.05, 4.69) is 22.5 Å². The number of fused-ring (bicyclic) bond motifs is 1. The molecule has 3 nitrogen and oxygen atoms in total. The normalized spacial score (nSPS) is 18.6. The van der Waals surface area contributed by atoms with Gasteiger partial charge in [0.1, 0.15) is 5.75 Å². The number of imidazole rings is 1. The van der Waals surface area contributed by atoms with Gasteiger partial charge in [0, 0.05) is 11.6 Å². The van der Waals surface area contributed by atoms with Gasteiger partial charge in [-0.3, -0.25) is 0 Å². The molecule has 1 saturated carbocycles. The van der Waals surface area contributed by atoms with E-state index in [0.29, 0.717) is 0 Å². The van der Waals surface area contributed by atoms with Crippen LogP contribution in [0.25, 0.3) is 11.0 Å². The van der Waals surface area contributed by atoms with Crippen molar-refractivity contribution in [2.75, 3.05) is 7.11 Å². The third-order valence-corrected chi connectivity index (χ3v) is 4.64. The van der Waals surface area contributed by atoms with Crippen molar-refractivity contribution in [3.05, 3.63) is 23.0 Å². The molecular formula is C15H20N2OS. The van der Waals surface area contributed by atoms with Gasteiger partial charge in [-0.25, -0.2) is 0 Å². The smallest absolute Gasteiger partial charge is 0.178 e. The number of hydrogen-bond donors (Lipinski definition) is 1. The maximum atomic E-state index is 5.55. The van der Waals surface area contributed by atoms with Crippen molar-refractivity contribution >= 4 is 23.3 Å². The molecule has 0 spiro atoms. The molecule has 0 amide bonds. The van der Waals surface area contributed by atoms with Crippen LogP contribution in [0.3, 0.4) is 0 Å². The van der Waals surface area contributed by atoms with Crippen molar-refractivity contribution in [1.82, 2.24) is 9.55 Å². The number of H-pyrrole nitrogens is 1. The average molecular weight is 276 g/mol. The Bertz CT molecular complexity index is 650. The molecule has 0 bridgehead atoms. The number of benzene rings is 1. The summed E-state index contributed by atoms with van der Waals surface area (Å²) in [5, 5.41) is 0. The van der Waals surface area contributed by atoms with Gasteiger partial charge < -0.3 is 14.3 Å². The van der Waals surface area contributed by atoms with E-state index < -0.39 is 0 Å². The van der Waals surface area contributed by atoms with Crippen molar-refractivity contribution < 1.29 is 4.74 Å². The molecule has 1 aromatic carbocycles. The molecule has 0 atom stereocenters. The van der Waals surface area contributed by atoms with Gasteiger partial charge >= 0.3 is 0 Å². The summed E-state index contributed by atoms with van der Waals surface area (Å²) in [6.07, 6.45) is 6.35. The Morgan fingerprint density at radius 2 is 2.00 bits per heavy atom. The molecule has 1 N–H and O–H groups in total. The summed E-state index contributed by atoms with van der Waals surface area (Å²) in [5.74, 6) is 0.865.